The summed E-state index contributed by atoms with van der Waals surface area (Å²) in [6, 6.07) is 56.9. The van der Waals surface area contributed by atoms with Crippen LogP contribution in [0.3, 0.4) is 0 Å². The Balaban J connectivity index is 1.20. The number of benzene rings is 8. The second-order valence-corrected chi connectivity index (χ2v) is 13.4. The molecule has 1 unspecified atom stereocenters. The van der Waals surface area contributed by atoms with E-state index in [0.717, 1.165) is 82.9 Å². The number of furan rings is 2. The molecule has 1 aliphatic heterocycles. The van der Waals surface area contributed by atoms with Crippen LogP contribution in [0.1, 0.15) is 22.9 Å². The lowest BCUT2D eigenvalue weighted by Crippen LogP contribution is -2.33. The molecule has 0 aliphatic carbocycles. The first-order valence-corrected chi connectivity index (χ1v) is 17.5. The maximum absolute atomic E-state index is 6.48. The van der Waals surface area contributed by atoms with E-state index in [1.54, 1.807) is 0 Å². The molecule has 11 rings (SSSR count). The van der Waals surface area contributed by atoms with Crippen molar-refractivity contribution in [1.29, 1.82) is 0 Å². The smallest absolute Gasteiger partial charge is 0.160 e. The van der Waals surface area contributed by atoms with Gasteiger partial charge < -0.3 is 14.2 Å². The molecule has 52 heavy (non-hydrogen) atoms. The molecule has 244 valence electrons. The number of amidine groups is 2. The number of para-hydroxylation sites is 1. The third kappa shape index (κ3) is 4.49. The molecule has 0 fully saturated rings. The van der Waals surface area contributed by atoms with E-state index in [-0.39, 0.29) is 6.17 Å². The first-order chi connectivity index (χ1) is 25.7. The van der Waals surface area contributed by atoms with E-state index in [4.69, 9.17) is 18.8 Å². The zero-order valence-electron chi connectivity index (χ0n) is 27.9. The van der Waals surface area contributed by atoms with Crippen LogP contribution in [-0.4, -0.2) is 11.7 Å². The van der Waals surface area contributed by atoms with Gasteiger partial charge in [0.25, 0.3) is 0 Å². The molecule has 0 bridgehead atoms. The monoisotopic (exact) mass is 667 g/mol. The first kappa shape index (κ1) is 28.8. The Labute approximate surface area is 298 Å². The van der Waals surface area contributed by atoms with Crippen molar-refractivity contribution in [3.63, 3.8) is 0 Å². The van der Waals surface area contributed by atoms with Crippen molar-refractivity contribution in [3.05, 3.63) is 180 Å². The summed E-state index contributed by atoms with van der Waals surface area (Å²) in [5, 5.41) is 12.6. The molecule has 0 spiro atoms. The molecule has 1 N–H and O–H groups in total. The van der Waals surface area contributed by atoms with E-state index in [1.807, 2.05) is 18.2 Å². The van der Waals surface area contributed by atoms with Crippen molar-refractivity contribution in [1.82, 2.24) is 5.32 Å². The van der Waals surface area contributed by atoms with Gasteiger partial charge in [-0.3, -0.25) is 0 Å². The largest absolute Gasteiger partial charge is 0.456 e. The zero-order chi connectivity index (χ0) is 34.2. The molecule has 0 saturated carbocycles. The standard InChI is InChI=1S/C47H29N3O2/c1-2-12-30(13-3-1)45-48-46(33-19-18-28-10-4-5-14-31(28)26-33)50-47(49-45)44-35(22-25-41-43(44)36-16-8-9-17-38(36)51-41)32-21-23-39-37(27-32)42-34-15-7-6-11-29(34)20-24-40(42)52-39/h1-27,45H,(H,48,49,50). The van der Waals surface area contributed by atoms with E-state index >= 15 is 0 Å². The summed E-state index contributed by atoms with van der Waals surface area (Å²) in [5.41, 5.74) is 8.39. The fourth-order valence-corrected chi connectivity index (χ4v) is 7.85. The highest BCUT2D eigenvalue weighted by molar-refractivity contribution is 6.25. The number of rotatable bonds is 4. The molecular formula is C47H29N3O2. The van der Waals surface area contributed by atoms with Crippen LogP contribution < -0.4 is 5.32 Å². The SMILES string of the molecule is c1ccc(C2N=C(c3c(-c4ccc5oc6ccc7ccccc7c6c5c4)ccc4oc5ccccc5c34)N=C(c3ccc4ccccc4c3)N2)cc1. The Morgan fingerprint density at radius 1 is 0.462 bits per heavy atom. The number of hydrogen-bond donors (Lipinski definition) is 1. The number of hydrogen-bond acceptors (Lipinski definition) is 5. The van der Waals surface area contributed by atoms with Crippen molar-refractivity contribution in [2.24, 2.45) is 9.98 Å². The highest BCUT2D eigenvalue weighted by Crippen LogP contribution is 2.41. The molecule has 0 saturated heterocycles. The van der Waals surface area contributed by atoms with E-state index in [0.29, 0.717) is 5.84 Å². The predicted octanol–water partition coefficient (Wildman–Crippen LogP) is 12.0. The third-order valence-corrected chi connectivity index (χ3v) is 10.3. The molecule has 0 radical (unpaired) electrons. The van der Waals surface area contributed by atoms with Gasteiger partial charge in [0.1, 0.15) is 34.3 Å². The summed E-state index contributed by atoms with van der Waals surface area (Å²) >= 11 is 0. The summed E-state index contributed by atoms with van der Waals surface area (Å²) in [4.78, 5) is 10.8. The molecule has 5 heteroatoms. The summed E-state index contributed by atoms with van der Waals surface area (Å²) in [7, 11) is 0. The van der Waals surface area contributed by atoms with Crippen molar-refractivity contribution in [3.8, 4) is 11.1 Å². The number of aliphatic imine (C=N–C) groups is 2. The molecule has 3 heterocycles. The van der Waals surface area contributed by atoms with Gasteiger partial charge in [0, 0.05) is 32.7 Å². The minimum atomic E-state index is -0.358. The van der Waals surface area contributed by atoms with Gasteiger partial charge in [-0.2, -0.15) is 0 Å². The molecule has 5 nitrogen and oxygen atoms in total. The van der Waals surface area contributed by atoms with Crippen LogP contribution in [0.15, 0.2) is 183 Å². The van der Waals surface area contributed by atoms with Crippen LogP contribution in [0, 0.1) is 0 Å². The van der Waals surface area contributed by atoms with Crippen LogP contribution in [0.2, 0.25) is 0 Å². The highest BCUT2D eigenvalue weighted by Gasteiger charge is 2.26. The lowest BCUT2D eigenvalue weighted by Gasteiger charge is -2.25. The molecule has 10 aromatic rings. The van der Waals surface area contributed by atoms with Crippen LogP contribution in [0.5, 0.6) is 0 Å². The van der Waals surface area contributed by atoms with Gasteiger partial charge in [0.15, 0.2) is 5.84 Å². The van der Waals surface area contributed by atoms with E-state index in [1.165, 1.54) is 16.2 Å². The Bertz CT molecular complexity index is 3110. The van der Waals surface area contributed by atoms with Gasteiger partial charge in [0.2, 0.25) is 0 Å². The summed E-state index contributed by atoms with van der Waals surface area (Å²) in [6.45, 7) is 0. The van der Waals surface area contributed by atoms with Gasteiger partial charge in [-0.25, -0.2) is 9.98 Å². The van der Waals surface area contributed by atoms with Crippen LogP contribution in [-0.2, 0) is 0 Å². The third-order valence-electron chi connectivity index (χ3n) is 10.3. The minimum absolute atomic E-state index is 0.358. The number of nitrogens with zero attached hydrogens (tertiary/aromatic N) is 2. The Morgan fingerprint density at radius 2 is 1.12 bits per heavy atom. The maximum Gasteiger partial charge on any atom is 0.160 e. The molecule has 2 aromatic heterocycles. The van der Waals surface area contributed by atoms with Gasteiger partial charge in [-0.15, -0.1) is 0 Å². The average Bonchev–Trinajstić information content (AvgIpc) is 3.79. The quantitative estimate of drug-likeness (QED) is 0.203. The van der Waals surface area contributed by atoms with Crippen LogP contribution >= 0.6 is 0 Å². The fourth-order valence-electron chi connectivity index (χ4n) is 7.85. The van der Waals surface area contributed by atoms with Gasteiger partial charge in [-0.05, 0) is 80.7 Å². The van der Waals surface area contributed by atoms with Gasteiger partial charge in [-0.1, -0.05) is 121 Å². The average molecular weight is 668 g/mol. The van der Waals surface area contributed by atoms with Crippen molar-refractivity contribution in [2.75, 3.05) is 0 Å². The Morgan fingerprint density at radius 3 is 2.00 bits per heavy atom. The van der Waals surface area contributed by atoms with Crippen molar-refractivity contribution in [2.45, 2.75) is 6.17 Å². The summed E-state index contributed by atoms with van der Waals surface area (Å²) < 4.78 is 12.9. The number of fused-ring (bicyclic) bond motifs is 9. The summed E-state index contributed by atoms with van der Waals surface area (Å²) in [5.74, 6) is 1.41. The highest BCUT2D eigenvalue weighted by atomic mass is 16.3. The van der Waals surface area contributed by atoms with Gasteiger partial charge >= 0.3 is 0 Å². The lowest BCUT2D eigenvalue weighted by molar-refractivity contribution is 0.668. The molecule has 1 atom stereocenters. The second-order valence-electron chi connectivity index (χ2n) is 13.4. The van der Waals surface area contributed by atoms with Crippen LogP contribution in [0.25, 0.3) is 76.5 Å². The topological polar surface area (TPSA) is 63.0 Å². The Hall–Kier alpha value is -6.98. The fraction of sp³-hybridized carbons (Fsp3) is 0.0213. The van der Waals surface area contributed by atoms with Crippen LogP contribution in [0.4, 0.5) is 0 Å². The number of nitrogens with one attached hydrogen (secondary N) is 1. The predicted molar refractivity (Wildman–Crippen MR) is 213 cm³/mol. The Kier molecular flexibility index (Phi) is 6.25. The first-order valence-electron chi connectivity index (χ1n) is 17.5. The molecule has 1 aliphatic rings. The van der Waals surface area contributed by atoms with E-state index in [9.17, 15) is 0 Å². The van der Waals surface area contributed by atoms with Crippen molar-refractivity contribution >= 4 is 77.1 Å². The normalized spacial score (nSPS) is 14.7. The van der Waals surface area contributed by atoms with Crippen molar-refractivity contribution < 1.29 is 8.83 Å². The minimum Gasteiger partial charge on any atom is -0.456 e. The molecular weight excluding hydrogens is 639 g/mol. The maximum atomic E-state index is 6.48. The zero-order valence-corrected chi connectivity index (χ0v) is 27.9. The lowest BCUT2D eigenvalue weighted by atomic mass is 9.93. The molecule has 0 amide bonds. The van der Waals surface area contributed by atoms with E-state index < -0.39 is 0 Å². The van der Waals surface area contributed by atoms with E-state index in [2.05, 4.69) is 151 Å². The second kappa shape index (κ2) is 11.3. The summed E-state index contributed by atoms with van der Waals surface area (Å²) in [6.07, 6.45) is -0.358. The molecule has 8 aromatic carbocycles. The van der Waals surface area contributed by atoms with Gasteiger partial charge in [0.05, 0.1) is 0 Å².